The fourth-order valence-corrected chi connectivity index (χ4v) is 1.37. The van der Waals surface area contributed by atoms with E-state index in [0.717, 1.165) is 5.56 Å². The highest BCUT2D eigenvalue weighted by atomic mass is 32.2. The standard InChI is InChI=1S/C8H10NO2S/c9-12(10,11)7-6-8-4-2-1-3-5-8/h1-2,4-5H,6-7H2,(H2,9,10,11). The Morgan fingerprint density at radius 1 is 1.50 bits per heavy atom. The Kier molecular flexibility index (Phi) is 2.83. The van der Waals surface area contributed by atoms with E-state index in [1.807, 2.05) is 12.1 Å². The summed E-state index contributed by atoms with van der Waals surface area (Å²) in [5.41, 5.74) is 0.937. The van der Waals surface area contributed by atoms with Crippen LogP contribution in [0.1, 0.15) is 5.56 Å². The summed E-state index contributed by atoms with van der Waals surface area (Å²) >= 11 is 0. The molecule has 0 fully saturated rings. The van der Waals surface area contributed by atoms with Gasteiger partial charge in [-0.2, -0.15) is 0 Å². The molecule has 0 heterocycles. The molecule has 0 bridgehead atoms. The molecule has 1 aromatic rings. The fourth-order valence-electron chi connectivity index (χ4n) is 0.846. The lowest BCUT2D eigenvalue weighted by Gasteiger charge is -1.97. The third-order valence-corrected chi connectivity index (χ3v) is 2.22. The molecule has 0 aliphatic heterocycles. The van der Waals surface area contributed by atoms with E-state index in [1.165, 1.54) is 0 Å². The van der Waals surface area contributed by atoms with E-state index >= 15 is 0 Å². The largest absolute Gasteiger partial charge is 0.229 e. The molecular formula is C8H10NO2S. The van der Waals surface area contributed by atoms with Crippen molar-refractivity contribution < 1.29 is 8.42 Å². The van der Waals surface area contributed by atoms with E-state index < -0.39 is 10.0 Å². The molecule has 0 saturated carbocycles. The second kappa shape index (κ2) is 3.69. The van der Waals surface area contributed by atoms with Crippen LogP contribution in [-0.4, -0.2) is 14.2 Å². The molecule has 12 heavy (non-hydrogen) atoms. The van der Waals surface area contributed by atoms with Crippen molar-refractivity contribution in [3.63, 3.8) is 0 Å². The molecular weight excluding hydrogens is 174 g/mol. The van der Waals surface area contributed by atoms with Crippen LogP contribution in [0.3, 0.4) is 0 Å². The van der Waals surface area contributed by atoms with E-state index in [0.29, 0.717) is 6.42 Å². The molecule has 0 aromatic heterocycles. The predicted octanol–water partition coefficient (Wildman–Crippen LogP) is 0.318. The Morgan fingerprint density at radius 3 is 2.75 bits per heavy atom. The van der Waals surface area contributed by atoms with Gasteiger partial charge in [0.15, 0.2) is 0 Å². The second-order valence-electron chi connectivity index (χ2n) is 2.53. The van der Waals surface area contributed by atoms with Crippen molar-refractivity contribution in [2.45, 2.75) is 6.42 Å². The lowest BCUT2D eigenvalue weighted by molar-refractivity contribution is 0.597. The minimum absolute atomic E-state index is 0.00907. The van der Waals surface area contributed by atoms with Gasteiger partial charge >= 0.3 is 0 Å². The Morgan fingerprint density at radius 2 is 2.25 bits per heavy atom. The summed E-state index contributed by atoms with van der Waals surface area (Å²) in [5.74, 6) is -0.00907. The first kappa shape index (κ1) is 9.22. The molecule has 65 valence electrons. The van der Waals surface area contributed by atoms with Gasteiger partial charge in [0.05, 0.1) is 5.75 Å². The highest BCUT2D eigenvalue weighted by Gasteiger charge is 2.01. The third-order valence-electron chi connectivity index (χ3n) is 1.45. The van der Waals surface area contributed by atoms with Crippen LogP contribution in [0.25, 0.3) is 0 Å². The minimum Gasteiger partial charge on any atom is -0.229 e. The van der Waals surface area contributed by atoms with E-state index in [-0.39, 0.29) is 5.75 Å². The van der Waals surface area contributed by atoms with Crippen LogP contribution in [0.5, 0.6) is 0 Å². The minimum atomic E-state index is -3.34. The number of primary sulfonamides is 1. The van der Waals surface area contributed by atoms with Gasteiger partial charge in [0.1, 0.15) is 0 Å². The van der Waals surface area contributed by atoms with Gasteiger partial charge in [-0.15, -0.1) is 0 Å². The average Bonchev–Trinajstić information content (AvgIpc) is 2.02. The van der Waals surface area contributed by atoms with Gasteiger partial charge in [0.2, 0.25) is 10.0 Å². The Balaban J connectivity index is 2.56. The van der Waals surface area contributed by atoms with Crippen molar-refractivity contribution >= 4 is 10.0 Å². The third kappa shape index (κ3) is 3.50. The Bertz CT molecular complexity index is 331. The highest BCUT2D eigenvalue weighted by molar-refractivity contribution is 7.89. The van der Waals surface area contributed by atoms with Gasteiger partial charge in [0.25, 0.3) is 0 Å². The Hall–Kier alpha value is -0.870. The van der Waals surface area contributed by atoms with Gasteiger partial charge in [-0.05, 0) is 18.1 Å². The molecule has 0 unspecified atom stereocenters. The van der Waals surface area contributed by atoms with Gasteiger partial charge in [0, 0.05) is 0 Å². The zero-order chi connectivity index (χ0) is 9.03. The number of sulfonamides is 1. The fraction of sp³-hybridized carbons (Fsp3) is 0.250. The topological polar surface area (TPSA) is 60.2 Å². The van der Waals surface area contributed by atoms with Crippen molar-refractivity contribution in [1.29, 1.82) is 0 Å². The number of benzene rings is 1. The molecule has 0 spiro atoms. The number of rotatable bonds is 3. The molecule has 0 aliphatic rings. The van der Waals surface area contributed by atoms with E-state index in [9.17, 15) is 8.42 Å². The summed E-state index contributed by atoms with van der Waals surface area (Å²) in [4.78, 5) is 0. The van der Waals surface area contributed by atoms with E-state index in [2.05, 4.69) is 6.07 Å². The normalized spacial score (nSPS) is 11.4. The quantitative estimate of drug-likeness (QED) is 0.735. The van der Waals surface area contributed by atoms with Crippen molar-refractivity contribution in [2.75, 3.05) is 5.75 Å². The van der Waals surface area contributed by atoms with Crippen molar-refractivity contribution in [3.05, 3.63) is 35.9 Å². The van der Waals surface area contributed by atoms with Gasteiger partial charge < -0.3 is 0 Å². The van der Waals surface area contributed by atoms with Crippen LogP contribution in [0.4, 0.5) is 0 Å². The summed E-state index contributed by atoms with van der Waals surface area (Å²) in [5, 5.41) is 4.85. The van der Waals surface area contributed by atoms with Crippen molar-refractivity contribution in [2.24, 2.45) is 5.14 Å². The molecule has 0 amide bonds. The zero-order valence-corrected chi connectivity index (χ0v) is 7.34. The summed E-state index contributed by atoms with van der Waals surface area (Å²) in [6.45, 7) is 0. The van der Waals surface area contributed by atoms with Gasteiger partial charge in [-0.1, -0.05) is 24.3 Å². The summed E-state index contributed by atoms with van der Waals surface area (Å²) in [7, 11) is -3.34. The first-order valence-electron chi connectivity index (χ1n) is 3.53. The smallest absolute Gasteiger partial charge is 0.209 e. The summed E-state index contributed by atoms with van der Waals surface area (Å²) in [6, 6.07) is 10.0. The maximum absolute atomic E-state index is 10.6. The van der Waals surface area contributed by atoms with Gasteiger partial charge in [-0.3, -0.25) is 0 Å². The molecule has 4 heteroatoms. The van der Waals surface area contributed by atoms with Crippen LogP contribution in [0, 0.1) is 6.07 Å². The molecule has 0 aliphatic carbocycles. The lowest BCUT2D eigenvalue weighted by Crippen LogP contribution is -2.17. The first-order chi connectivity index (χ1) is 5.58. The predicted molar refractivity (Wildman–Crippen MR) is 47.0 cm³/mol. The lowest BCUT2D eigenvalue weighted by atomic mass is 10.2. The SMILES string of the molecule is NS(=O)(=O)CCc1c[c]ccc1. The van der Waals surface area contributed by atoms with Crippen molar-refractivity contribution in [1.82, 2.24) is 0 Å². The molecule has 0 atom stereocenters. The highest BCUT2D eigenvalue weighted by Crippen LogP contribution is 1.99. The maximum atomic E-state index is 10.6. The second-order valence-corrected chi connectivity index (χ2v) is 4.26. The van der Waals surface area contributed by atoms with E-state index in [1.54, 1.807) is 12.1 Å². The van der Waals surface area contributed by atoms with Crippen LogP contribution in [0.15, 0.2) is 24.3 Å². The average molecular weight is 184 g/mol. The molecule has 1 aromatic carbocycles. The van der Waals surface area contributed by atoms with E-state index in [4.69, 9.17) is 5.14 Å². The van der Waals surface area contributed by atoms with Crippen LogP contribution < -0.4 is 5.14 Å². The van der Waals surface area contributed by atoms with Crippen LogP contribution in [0.2, 0.25) is 0 Å². The molecule has 1 radical (unpaired) electrons. The molecule has 0 saturated heterocycles. The number of nitrogens with two attached hydrogens (primary N) is 1. The summed E-state index contributed by atoms with van der Waals surface area (Å²) in [6.07, 6.45) is 0.455. The van der Waals surface area contributed by atoms with Crippen LogP contribution >= 0.6 is 0 Å². The number of hydrogen-bond donors (Lipinski definition) is 1. The van der Waals surface area contributed by atoms with Gasteiger partial charge in [-0.25, -0.2) is 13.6 Å². The monoisotopic (exact) mass is 184 g/mol. The van der Waals surface area contributed by atoms with Crippen LogP contribution in [-0.2, 0) is 16.4 Å². The summed E-state index contributed by atoms with van der Waals surface area (Å²) < 4.78 is 21.1. The number of hydrogen-bond acceptors (Lipinski definition) is 2. The molecule has 2 N–H and O–H groups in total. The molecule has 1 rings (SSSR count). The van der Waals surface area contributed by atoms with Crippen molar-refractivity contribution in [3.8, 4) is 0 Å². The number of aryl methyl sites for hydroxylation is 1. The maximum Gasteiger partial charge on any atom is 0.209 e. The first-order valence-corrected chi connectivity index (χ1v) is 5.25. The zero-order valence-electron chi connectivity index (χ0n) is 6.53. The Labute approximate surface area is 72.3 Å². The molecule has 3 nitrogen and oxygen atoms in total.